The monoisotopic (exact) mass is 364 g/mol. The Labute approximate surface area is 135 Å². The van der Waals surface area contributed by atoms with Gasteiger partial charge in [0.15, 0.2) is 0 Å². The molecule has 0 atom stereocenters. The molecule has 0 aliphatic heterocycles. The summed E-state index contributed by atoms with van der Waals surface area (Å²) in [5, 5.41) is 13.3. The number of rotatable bonds is 4. The first kappa shape index (κ1) is 17.5. The molecule has 0 saturated heterocycles. The predicted molar refractivity (Wildman–Crippen MR) is 88.5 cm³/mol. The molecule has 7 heteroatoms. The van der Waals surface area contributed by atoms with Gasteiger partial charge in [-0.25, -0.2) is 0 Å². The molecular formula is C15H13BrN2O4. The van der Waals surface area contributed by atoms with Gasteiger partial charge in [-0.05, 0) is 29.8 Å². The molecule has 2 aromatic carbocycles. The molecule has 0 aliphatic rings. The van der Waals surface area contributed by atoms with Gasteiger partial charge in [-0.2, -0.15) is 0 Å². The Morgan fingerprint density at radius 1 is 1.14 bits per heavy atom. The summed E-state index contributed by atoms with van der Waals surface area (Å²) in [7, 11) is 0. The second-order valence-electron chi connectivity index (χ2n) is 4.15. The van der Waals surface area contributed by atoms with Gasteiger partial charge in [0.2, 0.25) is 5.91 Å². The summed E-state index contributed by atoms with van der Waals surface area (Å²) in [6.07, 6.45) is 2.97. The number of carbonyl (C=O) groups excluding carboxylic acids is 1. The van der Waals surface area contributed by atoms with Crippen molar-refractivity contribution in [3.8, 4) is 0 Å². The number of carbonyl (C=O) groups is 1. The zero-order valence-corrected chi connectivity index (χ0v) is 12.9. The number of hydrogen-bond acceptors (Lipinski definition) is 3. The van der Waals surface area contributed by atoms with Gasteiger partial charge in [-0.1, -0.05) is 40.2 Å². The molecule has 0 saturated carbocycles. The lowest BCUT2D eigenvalue weighted by atomic mass is 10.2. The molecule has 2 aromatic rings. The van der Waals surface area contributed by atoms with E-state index in [1.807, 2.05) is 24.3 Å². The fourth-order valence-corrected chi connectivity index (χ4v) is 1.92. The fraction of sp³-hybridized carbons (Fsp3) is 0. The number of amides is 1. The van der Waals surface area contributed by atoms with Crippen molar-refractivity contribution < 1.29 is 15.2 Å². The zero-order chi connectivity index (χ0) is 15.2. The van der Waals surface area contributed by atoms with Gasteiger partial charge in [0.1, 0.15) is 5.69 Å². The Hall–Kier alpha value is -2.51. The highest BCUT2D eigenvalue weighted by Gasteiger charge is 2.13. The molecule has 0 bridgehead atoms. The maximum Gasteiger partial charge on any atom is 0.292 e. The maximum absolute atomic E-state index is 11.8. The van der Waals surface area contributed by atoms with E-state index in [2.05, 4.69) is 21.2 Å². The lowest BCUT2D eigenvalue weighted by Crippen LogP contribution is -2.09. The zero-order valence-electron chi connectivity index (χ0n) is 11.3. The van der Waals surface area contributed by atoms with E-state index in [-0.39, 0.29) is 16.9 Å². The van der Waals surface area contributed by atoms with E-state index in [1.54, 1.807) is 18.2 Å². The summed E-state index contributed by atoms with van der Waals surface area (Å²) in [5.74, 6) is -0.424. The van der Waals surface area contributed by atoms with Crippen LogP contribution in [0.2, 0.25) is 0 Å². The fourth-order valence-electron chi connectivity index (χ4n) is 1.66. The van der Waals surface area contributed by atoms with Crippen LogP contribution in [0.15, 0.2) is 59.1 Å². The topological polar surface area (TPSA) is 104 Å². The number of anilines is 1. The quantitative estimate of drug-likeness (QED) is 0.511. The third kappa shape index (κ3) is 4.80. The van der Waals surface area contributed by atoms with E-state index in [9.17, 15) is 14.9 Å². The van der Waals surface area contributed by atoms with Gasteiger partial charge in [-0.3, -0.25) is 14.9 Å². The van der Waals surface area contributed by atoms with E-state index in [0.29, 0.717) is 0 Å². The second kappa shape index (κ2) is 8.06. The van der Waals surface area contributed by atoms with Crippen molar-refractivity contribution in [2.75, 3.05) is 5.32 Å². The highest BCUT2D eigenvalue weighted by atomic mass is 79.9. The number of para-hydroxylation sites is 2. The normalized spacial score (nSPS) is 10.0. The molecule has 22 heavy (non-hydrogen) atoms. The van der Waals surface area contributed by atoms with Crippen LogP contribution in [0.25, 0.3) is 6.08 Å². The molecular weight excluding hydrogens is 352 g/mol. The minimum Gasteiger partial charge on any atom is -0.412 e. The highest BCUT2D eigenvalue weighted by Crippen LogP contribution is 2.23. The summed E-state index contributed by atoms with van der Waals surface area (Å²) in [5.41, 5.74) is 0.895. The highest BCUT2D eigenvalue weighted by molar-refractivity contribution is 9.10. The van der Waals surface area contributed by atoms with Crippen molar-refractivity contribution in [1.82, 2.24) is 0 Å². The molecule has 0 spiro atoms. The molecule has 6 nitrogen and oxygen atoms in total. The van der Waals surface area contributed by atoms with Crippen LogP contribution >= 0.6 is 15.9 Å². The Balaban J connectivity index is 0.00000242. The number of nitro groups is 1. The van der Waals surface area contributed by atoms with Gasteiger partial charge in [0, 0.05) is 16.6 Å². The standard InChI is InChI=1S/C15H11BrN2O3.H2O/c16-12-8-5-11(6-9-12)7-10-15(19)17-13-3-1-2-4-14(13)18(20)21;/h1-10H,(H,17,19);1H2/b10-7+;. The second-order valence-corrected chi connectivity index (χ2v) is 5.06. The average molecular weight is 365 g/mol. The molecule has 0 radical (unpaired) electrons. The summed E-state index contributed by atoms with van der Waals surface area (Å²) < 4.78 is 0.948. The number of nitrogens with zero attached hydrogens (tertiary/aromatic N) is 1. The van der Waals surface area contributed by atoms with Crippen LogP contribution in [0.1, 0.15) is 5.56 Å². The number of nitro benzene ring substituents is 1. The van der Waals surface area contributed by atoms with Gasteiger partial charge in [0.25, 0.3) is 5.69 Å². The predicted octanol–water partition coefficient (Wildman–Crippen LogP) is 3.18. The van der Waals surface area contributed by atoms with Crippen molar-refractivity contribution >= 4 is 39.3 Å². The number of benzene rings is 2. The molecule has 0 fully saturated rings. The maximum atomic E-state index is 11.8. The molecule has 1 amide bonds. The van der Waals surface area contributed by atoms with E-state index in [0.717, 1.165) is 10.0 Å². The SMILES string of the molecule is O.O=C(/C=C/c1ccc(Br)cc1)Nc1ccccc1[N+](=O)[O-]. The molecule has 3 N–H and O–H groups in total. The number of nitrogens with one attached hydrogen (secondary N) is 1. The van der Waals surface area contributed by atoms with Crippen molar-refractivity contribution in [1.29, 1.82) is 0 Å². The van der Waals surface area contributed by atoms with Crippen LogP contribution in [-0.4, -0.2) is 16.3 Å². The number of halogens is 1. The van der Waals surface area contributed by atoms with Crippen LogP contribution in [0.5, 0.6) is 0 Å². The van der Waals surface area contributed by atoms with Crippen LogP contribution < -0.4 is 5.32 Å². The molecule has 0 aliphatic carbocycles. The summed E-state index contributed by atoms with van der Waals surface area (Å²) in [6.45, 7) is 0. The van der Waals surface area contributed by atoms with Gasteiger partial charge < -0.3 is 10.8 Å². The third-order valence-corrected chi connectivity index (χ3v) is 3.18. The number of hydrogen-bond donors (Lipinski definition) is 1. The molecule has 0 heterocycles. The summed E-state index contributed by atoms with van der Waals surface area (Å²) in [6, 6.07) is 13.4. The van der Waals surface area contributed by atoms with Gasteiger partial charge >= 0.3 is 0 Å². The minimum atomic E-state index is -0.534. The molecule has 114 valence electrons. The Kier molecular flexibility index (Phi) is 6.43. The van der Waals surface area contributed by atoms with Crippen LogP contribution in [0.3, 0.4) is 0 Å². The van der Waals surface area contributed by atoms with E-state index < -0.39 is 10.8 Å². The van der Waals surface area contributed by atoms with E-state index in [4.69, 9.17) is 0 Å². The first-order valence-corrected chi connectivity index (χ1v) is 6.83. The molecule has 0 aromatic heterocycles. The third-order valence-electron chi connectivity index (χ3n) is 2.66. The van der Waals surface area contributed by atoms with Crippen molar-refractivity contribution in [3.63, 3.8) is 0 Å². The molecule has 0 unspecified atom stereocenters. The lowest BCUT2D eigenvalue weighted by Gasteiger charge is -2.02. The first-order chi connectivity index (χ1) is 10.1. The van der Waals surface area contributed by atoms with Crippen molar-refractivity contribution in [2.24, 2.45) is 0 Å². The smallest absolute Gasteiger partial charge is 0.292 e. The van der Waals surface area contributed by atoms with Crippen molar-refractivity contribution in [3.05, 3.63) is 74.8 Å². The Morgan fingerprint density at radius 3 is 2.41 bits per heavy atom. The largest absolute Gasteiger partial charge is 0.412 e. The van der Waals surface area contributed by atoms with Gasteiger partial charge in [-0.15, -0.1) is 0 Å². The van der Waals surface area contributed by atoms with Gasteiger partial charge in [0.05, 0.1) is 4.92 Å². The van der Waals surface area contributed by atoms with Crippen molar-refractivity contribution in [2.45, 2.75) is 0 Å². The van der Waals surface area contributed by atoms with Crippen LogP contribution in [-0.2, 0) is 4.79 Å². The first-order valence-electron chi connectivity index (χ1n) is 6.04. The lowest BCUT2D eigenvalue weighted by molar-refractivity contribution is -0.383. The van der Waals surface area contributed by atoms with E-state index >= 15 is 0 Å². The Morgan fingerprint density at radius 2 is 1.77 bits per heavy atom. The summed E-state index contributed by atoms with van der Waals surface area (Å²) >= 11 is 3.32. The average Bonchev–Trinajstić information content (AvgIpc) is 2.47. The Bertz CT molecular complexity index is 699. The van der Waals surface area contributed by atoms with Crippen LogP contribution in [0, 0.1) is 10.1 Å². The summed E-state index contributed by atoms with van der Waals surface area (Å²) in [4.78, 5) is 22.1. The molecule has 2 rings (SSSR count). The minimum absolute atomic E-state index is 0. The van der Waals surface area contributed by atoms with Crippen LogP contribution in [0.4, 0.5) is 11.4 Å². The van der Waals surface area contributed by atoms with E-state index in [1.165, 1.54) is 18.2 Å².